The van der Waals surface area contributed by atoms with Crippen molar-refractivity contribution in [2.75, 3.05) is 0 Å². The zero-order valence-electron chi connectivity index (χ0n) is 15.5. The van der Waals surface area contributed by atoms with Gasteiger partial charge >= 0.3 is 5.97 Å². The molecule has 2 aliphatic heterocycles. The van der Waals surface area contributed by atoms with Gasteiger partial charge in [0, 0.05) is 6.42 Å². The summed E-state index contributed by atoms with van der Waals surface area (Å²) in [4.78, 5) is 11.7. The number of unbranched alkanes of at least 4 members (excludes halogenated alkanes) is 7. The average Bonchev–Trinajstić information content (AvgIpc) is 3.30. The molecule has 2 fully saturated rings. The van der Waals surface area contributed by atoms with Gasteiger partial charge in [-0.15, -0.1) is 0 Å². The Balaban J connectivity index is 1.13. The van der Waals surface area contributed by atoms with Crippen molar-refractivity contribution in [1.29, 1.82) is 0 Å². The Labute approximate surface area is 152 Å². The van der Waals surface area contributed by atoms with Crippen LogP contribution in [-0.2, 0) is 20.7 Å². The fourth-order valence-electron chi connectivity index (χ4n) is 3.98. The van der Waals surface area contributed by atoms with Gasteiger partial charge in [-0.1, -0.05) is 68.9 Å². The van der Waals surface area contributed by atoms with E-state index in [1.165, 1.54) is 56.9 Å². The summed E-state index contributed by atoms with van der Waals surface area (Å²) in [5, 5.41) is 0. The van der Waals surface area contributed by atoms with E-state index in [1.54, 1.807) is 0 Å². The van der Waals surface area contributed by atoms with E-state index in [4.69, 9.17) is 9.47 Å². The van der Waals surface area contributed by atoms with E-state index in [1.807, 2.05) is 6.92 Å². The van der Waals surface area contributed by atoms with Gasteiger partial charge in [0.1, 0.15) is 11.7 Å². The molecule has 3 heteroatoms. The van der Waals surface area contributed by atoms with Crippen LogP contribution in [0.2, 0.25) is 0 Å². The molecule has 0 N–H and O–H groups in total. The fourth-order valence-corrected chi connectivity index (χ4v) is 3.98. The summed E-state index contributed by atoms with van der Waals surface area (Å²) in [5.41, 5.74) is 1.25. The molecule has 0 bridgehead atoms. The highest BCUT2D eigenvalue weighted by atomic mass is 16.7. The minimum absolute atomic E-state index is 0.0780. The highest BCUT2D eigenvalue weighted by Crippen LogP contribution is 2.45. The van der Waals surface area contributed by atoms with Crippen molar-refractivity contribution in [3.63, 3.8) is 0 Å². The Kier molecular flexibility index (Phi) is 6.52. The largest absolute Gasteiger partial charge is 0.460 e. The number of fused-ring (bicyclic) bond motifs is 1. The minimum atomic E-state index is -0.273. The van der Waals surface area contributed by atoms with Crippen molar-refractivity contribution in [3.8, 4) is 0 Å². The van der Waals surface area contributed by atoms with Gasteiger partial charge in [-0.25, -0.2) is 4.79 Å². The zero-order chi connectivity index (χ0) is 17.5. The smallest absolute Gasteiger partial charge is 0.338 e. The van der Waals surface area contributed by atoms with Crippen molar-refractivity contribution in [2.24, 2.45) is 0 Å². The van der Waals surface area contributed by atoms with Gasteiger partial charge in [0.25, 0.3) is 0 Å². The number of hydrogen-bond donors (Lipinski definition) is 0. The van der Waals surface area contributed by atoms with Crippen LogP contribution in [0, 0.1) is 0 Å². The zero-order valence-corrected chi connectivity index (χ0v) is 15.5. The van der Waals surface area contributed by atoms with E-state index in [2.05, 4.69) is 30.3 Å². The molecule has 2 aliphatic rings. The lowest BCUT2D eigenvalue weighted by Gasteiger charge is -2.23. The standard InChI is InChI=1S/C22H32O3/c1-22-17-19(24-21(23)20(22)25-22)16-12-7-5-3-2-4-6-9-13-18-14-10-8-11-15-18/h8,10-11,14-15,19-20H,2-7,9,12-13,16-17H2,1H3/t19-,20+,22-/m1/s1. The molecule has 0 spiro atoms. The van der Waals surface area contributed by atoms with E-state index in [0.29, 0.717) is 0 Å². The molecule has 0 aliphatic carbocycles. The van der Waals surface area contributed by atoms with E-state index in [0.717, 1.165) is 19.3 Å². The quantitative estimate of drug-likeness (QED) is 0.314. The van der Waals surface area contributed by atoms with Crippen molar-refractivity contribution in [3.05, 3.63) is 35.9 Å². The lowest BCUT2D eigenvalue weighted by molar-refractivity contribution is -0.153. The summed E-state index contributed by atoms with van der Waals surface area (Å²) in [6.07, 6.45) is 13.3. The number of cyclic esters (lactones) is 1. The molecule has 0 aromatic heterocycles. The first-order chi connectivity index (χ1) is 12.2. The number of benzene rings is 1. The Morgan fingerprint density at radius 2 is 1.60 bits per heavy atom. The second kappa shape index (κ2) is 8.84. The van der Waals surface area contributed by atoms with Crippen molar-refractivity contribution in [2.45, 2.75) is 95.4 Å². The maximum atomic E-state index is 11.7. The Morgan fingerprint density at radius 3 is 2.28 bits per heavy atom. The van der Waals surface area contributed by atoms with Crippen LogP contribution in [-0.4, -0.2) is 23.8 Å². The molecule has 0 amide bonds. The van der Waals surface area contributed by atoms with Crippen molar-refractivity contribution >= 4 is 5.97 Å². The predicted molar refractivity (Wildman–Crippen MR) is 99.5 cm³/mol. The number of aryl methyl sites for hydroxylation is 1. The minimum Gasteiger partial charge on any atom is -0.460 e. The third-order valence-corrected chi connectivity index (χ3v) is 5.60. The maximum Gasteiger partial charge on any atom is 0.338 e. The molecule has 2 saturated heterocycles. The molecular weight excluding hydrogens is 312 g/mol. The molecule has 138 valence electrons. The van der Waals surface area contributed by atoms with E-state index in [9.17, 15) is 4.79 Å². The lowest BCUT2D eigenvalue weighted by atomic mass is 9.93. The number of esters is 1. The van der Waals surface area contributed by atoms with Crippen molar-refractivity contribution < 1.29 is 14.3 Å². The normalized spacial score (nSPS) is 27.6. The van der Waals surface area contributed by atoms with E-state index in [-0.39, 0.29) is 23.8 Å². The first-order valence-electron chi connectivity index (χ1n) is 10.1. The fraction of sp³-hybridized carbons (Fsp3) is 0.682. The third kappa shape index (κ3) is 5.57. The molecule has 1 aromatic rings. The lowest BCUT2D eigenvalue weighted by Crippen LogP contribution is -2.35. The SMILES string of the molecule is C[C@@]12C[C@@H](CCCCCCCCCCc3ccccc3)OC(=O)[C@@H]1O2. The monoisotopic (exact) mass is 344 g/mol. The van der Waals surface area contributed by atoms with Gasteiger partial charge in [0.05, 0.1) is 0 Å². The van der Waals surface area contributed by atoms with Gasteiger partial charge in [0.2, 0.25) is 0 Å². The molecule has 3 rings (SSSR count). The first-order valence-corrected chi connectivity index (χ1v) is 10.1. The molecule has 1 aromatic carbocycles. The number of hydrogen-bond acceptors (Lipinski definition) is 3. The van der Waals surface area contributed by atoms with Crippen LogP contribution in [0.4, 0.5) is 0 Å². The summed E-state index contributed by atoms with van der Waals surface area (Å²) < 4.78 is 10.9. The van der Waals surface area contributed by atoms with Gasteiger partial charge in [0.15, 0.2) is 6.10 Å². The second-order valence-corrected chi connectivity index (χ2v) is 7.93. The first kappa shape index (κ1) is 18.4. The third-order valence-electron chi connectivity index (χ3n) is 5.60. The molecule has 0 radical (unpaired) electrons. The molecule has 2 heterocycles. The summed E-state index contributed by atoms with van der Waals surface area (Å²) in [5.74, 6) is -0.144. The molecule has 0 unspecified atom stereocenters. The summed E-state index contributed by atoms with van der Waals surface area (Å²) >= 11 is 0. The Hall–Kier alpha value is -1.35. The predicted octanol–water partition coefficient (Wildman–Crippen LogP) is 5.21. The Bertz CT molecular complexity index is 541. The maximum absolute atomic E-state index is 11.7. The topological polar surface area (TPSA) is 38.8 Å². The van der Waals surface area contributed by atoms with E-state index < -0.39 is 0 Å². The summed E-state index contributed by atoms with van der Waals surface area (Å²) in [7, 11) is 0. The van der Waals surface area contributed by atoms with Crippen LogP contribution in [0.1, 0.15) is 76.7 Å². The average molecular weight is 344 g/mol. The van der Waals surface area contributed by atoms with Crippen LogP contribution < -0.4 is 0 Å². The number of epoxide rings is 1. The number of rotatable bonds is 11. The summed E-state index contributed by atoms with van der Waals surface area (Å²) in [6, 6.07) is 10.8. The summed E-state index contributed by atoms with van der Waals surface area (Å²) in [6.45, 7) is 2.03. The van der Waals surface area contributed by atoms with Gasteiger partial charge in [-0.05, 0) is 38.2 Å². The Morgan fingerprint density at radius 1 is 0.960 bits per heavy atom. The van der Waals surface area contributed by atoms with Crippen LogP contribution in [0.25, 0.3) is 0 Å². The number of ether oxygens (including phenoxy) is 2. The second-order valence-electron chi connectivity index (χ2n) is 7.93. The molecule has 3 nitrogen and oxygen atoms in total. The van der Waals surface area contributed by atoms with Gasteiger partial charge < -0.3 is 9.47 Å². The van der Waals surface area contributed by atoms with E-state index >= 15 is 0 Å². The molecular formula is C22H32O3. The van der Waals surface area contributed by atoms with Crippen LogP contribution in [0.15, 0.2) is 30.3 Å². The van der Waals surface area contributed by atoms with Crippen LogP contribution >= 0.6 is 0 Å². The highest BCUT2D eigenvalue weighted by molar-refractivity contribution is 5.80. The van der Waals surface area contributed by atoms with Crippen LogP contribution in [0.5, 0.6) is 0 Å². The number of carbonyl (C=O) groups excluding carboxylic acids is 1. The number of carbonyl (C=O) groups is 1. The molecule has 3 atom stereocenters. The van der Waals surface area contributed by atoms with Crippen LogP contribution in [0.3, 0.4) is 0 Å². The molecule has 0 saturated carbocycles. The molecule has 25 heavy (non-hydrogen) atoms. The van der Waals surface area contributed by atoms with Gasteiger partial charge in [-0.3, -0.25) is 0 Å². The van der Waals surface area contributed by atoms with Crippen molar-refractivity contribution in [1.82, 2.24) is 0 Å². The van der Waals surface area contributed by atoms with Gasteiger partial charge in [-0.2, -0.15) is 0 Å². The highest BCUT2D eigenvalue weighted by Gasteiger charge is 2.62.